The van der Waals surface area contributed by atoms with Crippen molar-refractivity contribution in [1.29, 1.82) is 0 Å². The molecule has 0 saturated heterocycles. The Labute approximate surface area is 557 Å². The van der Waals surface area contributed by atoms with Crippen molar-refractivity contribution < 1.29 is 116 Å². The maximum atomic E-state index is 8.98. The minimum atomic E-state index is -0.0482. The fraction of sp³-hybridized carbons (Fsp3) is 0.500. The average Bonchev–Trinajstić information content (AvgIpc) is 1.62. The van der Waals surface area contributed by atoms with E-state index in [4.69, 9.17) is 131 Å². The molecule has 0 amide bonds. The summed E-state index contributed by atoms with van der Waals surface area (Å²) in [6.07, 6.45) is 2.29. The van der Waals surface area contributed by atoms with Crippen LogP contribution in [-0.2, 0) is 76.3 Å². The molecule has 9 rings (SSSR count). The molecule has 4 aromatic carbocycles. The number of benzene rings is 4. The van der Waals surface area contributed by atoms with Gasteiger partial charge in [0.15, 0.2) is 0 Å². The van der Waals surface area contributed by atoms with Crippen molar-refractivity contribution in [1.82, 2.24) is 9.97 Å². The molecule has 8 bridgehead atoms. The van der Waals surface area contributed by atoms with E-state index >= 15 is 0 Å². The van der Waals surface area contributed by atoms with Gasteiger partial charge in [0.25, 0.3) is 0 Å². The number of ether oxygens (including phenoxy) is 16. The van der Waals surface area contributed by atoms with E-state index in [0.717, 1.165) is 10.9 Å². The molecule has 0 spiro atoms. The van der Waals surface area contributed by atoms with Crippen LogP contribution >= 0.6 is 0 Å². The summed E-state index contributed by atoms with van der Waals surface area (Å²) in [6.45, 7) is 8.53. The zero-order chi connectivity index (χ0) is 64.3. The van der Waals surface area contributed by atoms with Crippen LogP contribution in [0.15, 0.2) is 97.8 Å². The summed E-state index contributed by atoms with van der Waals surface area (Å²) >= 11 is 0. The summed E-state index contributed by atoms with van der Waals surface area (Å²) < 4.78 is 93.1. The van der Waals surface area contributed by atoms with Crippen molar-refractivity contribution in [2.45, 2.75) is 6.42 Å². The van der Waals surface area contributed by atoms with Gasteiger partial charge in [0.1, 0.15) is 49.4 Å². The van der Waals surface area contributed by atoms with E-state index < -0.39 is 0 Å². The second kappa shape index (κ2) is 42.1. The van der Waals surface area contributed by atoms with E-state index in [1.54, 1.807) is 0 Å². The smallest absolute Gasteiger partial charge is 0.491 e. The number of hydrogen-bond donors (Lipinski definition) is 4. The molecule has 0 atom stereocenters. The van der Waals surface area contributed by atoms with E-state index in [1.807, 2.05) is 78.9 Å². The van der Waals surface area contributed by atoms with Gasteiger partial charge in [-0.1, -0.05) is 54.6 Å². The first kappa shape index (κ1) is 73.3. The fourth-order valence-electron chi connectivity index (χ4n) is 9.84. The summed E-state index contributed by atoms with van der Waals surface area (Å²) in [4.78, 5) is 36.7. The first-order valence-electron chi connectivity index (χ1n) is 31.3. The Morgan fingerprint density at radius 3 is 1.15 bits per heavy atom. The first-order valence-corrected chi connectivity index (χ1v) is 31.3. The number of fused-ring (bicyclic) bond motifs is 18. The monoisotopic (exact) mass is 1360 g/mol. The van der Waals surface area contributed by atoms with Crippen LogP contribution in [0, 0.1) is 0 Å². The van der Waals surface area contributed by atoms with E-state index in [9.17, 15) is 0 Å². The van der Waals surface area contributed by atoms with E-state index in [2.05, 4.69) is 0 Å². The molecule has 3 aliphatic heterocycles. The zero-order valence-corrected chi connectivity index (χ0v) is 56.0. The summed E-state index contributed by atoms with van der Waals surface area (Å²) in [5.41, 5.74) is 3.66. The molecule has 6 aromatic rings. The van der Waals surface area contributed by atoms with Crippen LogP contribution in [0.1, 0.15) is 28.7 Å². The molecule has 504 valence electrons. The first-order chi connectivity index (χ1) is 46.1. The minimum absolute atomic E-state index is 0. The van der Waals surface area contributed by atoms with Crippen LogP contribution in [0.2, 0.25) is 0 Å². The number of amidine groups is 3. The third-order valence-corrected chi connectivity index (χ3v) is 13.9. The Morgan fingerprint density at radius 1 is 0.319 bits per heavy atom. The molecule has 0 unspecified atom stereocenters. The number of nitrogens with zero attached hydrogens (tertiary/aromatic N) is 7. The topological polar surface area (TPSA) is 319 Å². The van der Waals surface area contributed by atoms with Gasteiger partial charge in [0.2, 0.25) is 0 Å². The summed E-state index contributed by atoms with van der Waals surface area (Å²) in [7, 11) is 0. The largest absolute Gasteiger partial charge is 2.00 e. The van der Waals surface area contributed by atoms with Crippen LogP contribution in [0.4, 0.5) is 11.6 Å². The Morgan fingerprint density at radius 2 is 0.681 bits per heavy atom. The van der Waals surface area contributed by atoms with Gasteiger partial charge in [-0.3, -0.25) is 0 Å². The molecule has 94 heavy (non-hydrogen) atoms. The molecular formula is C66H83N7O20Zn. The second-order valence-corrected chi connectivity index (χ2v) is 20.3. The Kier molecular flexibility index (Phi) is 32.9. The van der Waals surface area contributed by atoms with Gasteiger partial charge in [-0.25, -0.2) is 9.98 Å². The number of aliphatic hydroxyl groups excluding tert-OH is 4. The number of aromatic nitrogens is 2. The Balaban J connectivity index is 0.0000113. The van der Waals surface area contributed by atoms with Gasteiger partial charge in [-0.15, -0.1) is 0 Å². The van der Waals surface area contributed by atoms with Crippen molar-refractivity contribution in [2.24, 2.45) is 25.0 Å². The molecule has 2 aromatic heterocycles. The predicted octanol–water partition coefficient (Wildman–Crippen LogP) is 2.81. The Hall–Kier alpha value is -6.51. The molecule has 5 heterocycles. The fourth-order valence-corrected chi connectivity index (χ4v) is 9.84. The number of rotatable bonds is 48. The van der Waals surface area contributed by atoms with Crippen LogP contribution in [0.5, 0.6) is 23.0 Å². The average molecular weight is 1360 g/mol. The molecule has 3 aliphatic rings. The van der Waals surface area contributed by atoms with Crippen LogP contribution in [0.3, 0.4) is 0 Å². The molecule has 0 saturated carbocycles. The zero-order valence-electron chi connectivity index (χ0n) is 53.0. The third-order valence-electron chi connectivity index (χ3n) is 13.9. The van der Waals surface area contributed by atoms with Crippen molar-refractivity contribution in [3.8, 4) is 23.0 Å². The number of hydrogen-bond acceptors (Lipinski definition) is 25. The van der Waals surface area contributed by atoms with Crippen molar-refractivity contribution in [2.75, 3.05) is 211 Å². The third kappa shape index (κ3) is 22.0. The molecule has 0 radical (unpaired) electrons. The maximum absolute atomic E-state index is 8.98. The Bertz CT molecular complexity index is 3510. The number of aliphatic imine (C=N–C) groups is 4. The normalized spacial score (nSPS) is 14.6. The van der Waals surface area contributed by atoms with Crippen LogP contribution in [-0.4, -0.2) is 255 Å². The molecular weight excluding hydrogens is 1280 g/mol. The van der Waals surface area contributed by atoms with Gasteiger partial charge in [0.05, 0.1) is 208 Å². The van der Waals surface area contributed by atoms with Crippen molar-refractivity contribution in [3.05, 3.63) is 106 Å². The standard InChI is InChI=1S/C66H83N7O20.Zn/c74-15-19-78-23-27-82-31-35-86-39-43-90-53-9-2-6-48-57(53)52-14-13-51-47-5-1-10-54(91-44-40-87-36-32-83-28-24-79-20-16-75)58(47)64(67-51)73-66-60-50(8-4-12-56(60)93-46-42-89-38-34-85-30-26-81-22-18-77)63(72-66)69-62-49-7-3-11-55(59(49)65(71-62)70-61(48)68-52)92-45-41-88-37-33-84-29-25-80-21-17-76;/h1-13,74-77H,14-46H2;/q-2;+2/b51-13+,70-61-;. The van der Waals surface area contributed by atoms with Crippen molar-refractivity contribution >= 4 is 62.5 Å². The van der Waals surface area contributed by atoms with E-state index in [1.165, 1.54) is 0 Å². The maximum Gasteiger partial charge on any atom is 2.00 e. The van der Waals surface area contributed by atoms with E-state index in [0.29, 0.717) is 201 Å². The molecule has 4 N–H and O–H groups in total. The van der Waals surface area contributed by atoms with Crippen LogP contribution < -0.4 is 39.8 Å². The number of aliphatic hydroxyl groups is 4. The van der Waals surface area contributed by atoms with Gasteiger partial charge in [-0.05, 0) is 45.9 Å². The van der Waals surface area contributed by atoms with Crippen LogP contribution in [0.25, 0.3) is 27.6 Å². The molecule has 27 nitrogen and oxygen atoms in total. The minimum Gasteiger partial charge on any atom is -0.491 e. The predicted molar refractivity (Wildman–Crippen MR) is 343 cm³/mol. The molecule has 28 heteroatoms. The van der Waals surface area contributed by atoms with E-state index in [-0.39, 0.29) is 137 Å². The van der Waals surface area contributed by atoms with Gasteiger partial charge in [0, 0.05) is 51.1 Å². The molecule has 0 fully saturated rings. The SMILES string of the molecule is OCCOCCOCCOCCOc1cccc2c1C1=N/C2=N\c2[n-]c(c3cccc(OCCOCCOCCOCCO)c23)/N=C2\N=C(N=c3[n-]/c(c4cccc(OCCOCCOCCOCCO)c34)=C/C1)c1c(OCCOCCOCCOCCO)cccc12.[Zn+2]. The summed E-state index contributed by atoms with van der Waals surface area (Å²) in [5, 5.41) is 39.1. The summed E-state index contributed by atoms with van der Waals surface area (Å²) in [5.74, 6) is 3.68. The van der Waals surface area contributed by atoms with Gasteiger partial charge >= 0.3 is 19.5 Å². The van der Waals surface area contributed by atoms with Gasteiger partial charge in [-0.2, -0.15) is 0 Å². The van der Waals surface area contributed by atoms with Crippen molar-refractivity contribution in [3.63, 3.8) is 0 Å². The second-order valence-electron chi connectivity index (χ2n) is 20.3. The summed E-state index contributed by atoms with van der Waals surface area (Å²) in [6, 6.07) is 22.8. The quantitative estimate of drug-likeness (QED) is 0.0315. The van der Waals surface area contributed by atoms with Gasteiger partial charge < -0.3 is 121 Å². The molecule has 0 aliphatic carbocycles.